The number of benzene rings is 2. The second-order valence-electron chi connectivity index (χ2n) is 4.70. The molecule has 0 aromatic heterocycles. The standard InChI is InChI=1S/C17H12FNO2/c18-11-10-15(12-6-2-1-3-7-12)19-16(20)13-8-4-5-9-14(13)17(19)21/h1-11,15H. The zero-order valence-corrected chi connectivity index (χ0v) is 11.1. The van der Waals surface area contributed by atoms with E-state index in [4.69, 9.17) is 0 Å². The third-order valence-corrected chi connectivity index (χ3v) is 3.50. The van der Waals surface area contributed by atoms with Crippen molar-refractivity contribution in [3.8, 4) is 0 Å². The van der Waals surface area contributed by atoms with E-state index in [0.29, 0.717) is 23.0 Å². The molecular formula is C17H12FNO2. The number of nitrogens with zero attached hydrogens (tertiary/aromatic N) is 1. The highest BCUT2D eigenvalue weighted by atomic mass is 19.1. The van der Waals surface area contributed by atoms with E-state index in [-0.39, 0.29) is 0 Å². The minimum atomic E-state index is -0.747. The molecule has 0 radical (unpaired) electrons. The lowest BCUT2D eigenvalue weighted by atomic mass is 10.1. The van der Waals surface area contributed by atoms with Crippen molar-refractivity contribution in [3.05, 3.63) is 83.7 Å². The van der Waals surface area contributed by atoms with E-state index in [9.17, 15) is 14.0 Å². The van der Waals surface area contributed by atoms with Gasteiger partial charge in [-0.1, -0.05) is 42.5 Å². The van der Waals surface area contributed by atoms with Crippen molar-refractivity contribution in [1.82, 2.24) is 4.90 Å². The summed E-state index contributed by atoms with van der Waals surface area (Å²) in [7, 11) is 0. The molecule has 1 unspecified atom stereocenters. The minimum absolute atomic E-state index is 0.357. The highest BCUT2D eigenvalue weighted by Crippen LogP contribution is 2.32. The lowest BCUT2D eigenvalue weighted by Gasteiger charge is -2.23. The Morgan fingerprint density at radius 3 is 1.90 bits per heavy atom. The predicted octanol–water partition coefficient (Wildman–Crippen LogP) is 3.51. The number of carbonyl (C=O) groups excluding carboxylic acids is 2. The van der Waals surface area contributed by atoms with Gasteiger partial charge in [-0.2, -0.15) is 0 Å². The second-order valence-corrected chi connectivity index (χ2v) is 4.70. The second kappa shape index (κ2) is 5.32. The highest BCUT2D eigenvalue weighted by molar-refractivity contribution is 6.21. The van der Waals surface area contributed by atoms with Crippen molar-refractivity contribution < 1.29 is 14.0 Å². The van der Waals surface area contributed by atoms with Crippen LogP contribution in [0.5, 0.6) is 0 Å². The number of hydrogen-bond acceptors (Lipinski definition) is 2. The van der Waals surface area contributed by atoms with Crippen LogP contribution < -0.4 is 0 Å². The fourth-order valence-electron chi connectivity index (χ4n) is 2.53. The SMILES string of the molecule is O=C1c2ccccc2C(=O)N1C(C=CF)c1ccccc1. The zero-order chi connectivity index (χ0) is 14.8. The van der Waals surface area contributed by atoms with Gasteiger partial charge in [0, 0.05) is 0 Å². The molecular weight excluding hydrogens is 269 g/mol. The normalized spacial score (nSPS) is 15.6. The van der Waals surface area contributed by atoms with E-state index < -0.39 is 17.9 Å². The molecule has 3 rings (SSSR count). The maximum atomic E-state index is 12.7. The summed E-state index contributed by atoms with van der Waals surface area (Å²) in [6.45, 7) is 0. The molecule has 2 aromatic rings. The fraction of sp³-hybridized carbons (Fsp3) is 0.0588. The van der Waals surface area contributed by atoms with Gasteiger partial charge in [-0.25, -0.2) is 4.39 Å². The summed E-state index contributed by atoms with van der Waals surface area (Å²) >= 11 is 0. The van der Waals surface area contributed by atoms with Gasteiger partial charge < -0.3 is 0 Å². The van der Waals surface area contributed by atoms with Gasteiger partial charge >= 0.3 is 0 Å². The van der Waals surface area contributed by atoms with Crippen LogP contribution in [0.1, 0.15) is 32.3 Å². The van der Waals surface area contributed by atoms with Gasteiger partial charge in [0.25, 0.3) is 11.8 Å². The molecule has 0 spiro atoms. The molecule has 0 N–H and O–H groups in total. The van der Waals surface area contributed by atoms with E-state index in [1.165, 1.54) is 6.08 Å². The first-order valence-electron chi connectivity index (χ1n) is 6.53. The molecule has 1 heterocycles. The van der Waals surface area contributed by atoms with E-state index in [1.54, 1.807) is 48.5 Å². The number of amides is 2. The summed E-state index contributed by atoms with van der Waals surface area (Å²) in [6.07, 6.45) is 1.57. The monoisotopic (exact) mass is 281 g/mol. The number of imide groups is 1. The van der Waals surface area contributed by atoms with Crippen LogP contribution in [0.25, 0.3) is 0 Å². The first-order chi connectivity index (χ1) is 10.2. The van der Waals surface area contributed by atoms with Crippen LogP contribution in [-0.2, 0) is 0 Å². The highest BCUT2D eigenvalue weighted by Gasteiger charge is 2.39. The van der Waals surface area contributed by atoms with E-state index in [1.807, 2.05) is 6.07 Å². The van der Waals surface area contributed by atoms with Crippen molar-refractivity contribution in [3.63, 3.8) is 0 Å². The van der Waals surface area contributed by atoms with E-state index in [0.717, 1.165) is 4.90 Å². The quantitative estimate of drug-likeness (QED) is 0.807. The lowest BCUT2D eigenvalue weighted by Crippen LogP contribution is -2.33. The molecule has 21 heavy (non-hydrogen) atoms. The van der Waals surface area contributed by atoms with Crippen LogP contribution in [0, 0.1) is 0 Å². The Hall–Kier alpha value is -2.75. The predicted molar refractivity (Wildman–Crippen MR) is 76.4 cm³/mol. The van der Waals surface area contributed by atoms with Gasteiger partial charge in [0.2, 0.25) is 0 Å². The molecule has 0 saturated carbocycles. The molecule has 2 amide bonds. The Bertz CT molecular complexity index is 690. The third-order valence-electron chi connectivity index (χ3n) is 3.50. The Balaban J connectivity index is 2.07. The largest absolute Gasteiger partial charge is 0.269 e. The van der Waals surface area contributed by atoms with Crippen molar-refractivity contribution in [2.45, 2.75) is 6.04 Å². The molecule has 1 aliphatic rings. The molecule has 104 valence electrons. The Kier molecular flexibility index (Phi) is 3.36. The Morgan fingerprint density at radius 1 is 0.857 bits per heavy atom. The van der Waals surface area contributed by atoms with Crippen LogP contribution in [-0.4, -0.2) is 16.7 Å². The summed E-state index contributed by atoms with van der Waals surface area (Å²) in [5.41, 5.74) is 1.40. The smallest absolute Gasteiger partial charge is 0.262 e. The van der Waals surface area contributed by atoms with Gasteiger partial charge in [0.1, 0.15) is 0 Å². The van der Waals surface area contributed by atoms with Crippen LogP contribution in [0.4, 0.5) is 4.39 Å². The van der Waals surface area contributed by atoms with Crippen LogP contribution in [0.2, 0.25) is 0 Å². The van der Waals surface area contributed by atoms with Crippen LogP contribution in [0.3, 0.4) is 0 Å². The number of halogens is 1. The number of hydrogen-bond donors (Lipinski definition) is 0. The number of fused-ring (bicyclic) bond motifs is 1. The summed E-state index contributed by atoms with van der Waals surface area (Å²) < 4.78 is 12.7. The van der Waals surface area contributed by atoms with E-state index >= 15 is 0 Å². The lowest BCUT2D eigenvalue weighted by molar-refractivity contribution is 0.0613. The maximum Gasteiger partial charge on any atom is 0.262 e. The van der Waals surface area contributed by atoms with Crippen molar-refractivity contribution in [2.75, 3.05) is 0 Å². The molecule has 1 aliphatic heterocycles. The van der Waals surface area contributed by atoms with Crippen LogP contribution in [0.15, 0.2) is 67.0 Å². The van der Waals surface area contributed by atoms with E-state index in [2.05, 4.69) is 0 Å². The maximum absolute atomic E-state index is 12.7. The van der Waals surface area contributed by atoms with Gasteiger partial charge in [-0.05, 0) is 23.8 Å². The molecule has 0 saturated heterocycles. The topological polar surface area (TPSA) is 37.4 Å². The average molecular weight is 281 g/mol. The molecule has 0 fully saturated rings. The molecule has 0 aliphatic carbocycles. The van der Waals surface area contributed by atoms with Gasteiger partial charge in [0.15, 0.2) is 0 Å². The first kappa shape index (κ1) is 13.2. The minimum Gasteiger partial charge on any atom is -0.269 e. The molecule has 3 nitrogen and oxygen atoms in total. The van der Waals surface area contributed by atoms with Crippen molar-refractivity contribution in [1.29, 1.82) is 0 Å². The molecule has 1 atom stereocenters. The molecule has 4 heteroatoms. The Morgan fingerprint density at radius 2 is 1.38 bits per heavy atom. The zero-order valence-electron chi connectivity index (χ0n) is 11.1. The first-order valence-corrected chi connectivity index (χ1v) is 6.53. The van der Waals surface area contributed by atoms with Gasteiger partial charge in [-0.15, -0.1) is 0 Å². The average Bonchev–Trinajstić information content (AvgIpc) is 2.78. The summed E-state index contributed by atoms with van der Waals surface area (Å²) in [5.74, 6) is -0.801. The summed E-state index contributed by atoms with van der Waals surface area (Å²) in [4.78, 5) is 26.0. The van der Waals surface area contributed by atoms with Crippen LogP contribution >= 0.6 is 0 Å². The third kappa shape index (κ3) is 2.14. The molecule has 0 bridgehead atoms. The summed E-state index contributed by atoms with van der Waals surface area (Å²) in [6, 6.07) is 14.8. The Labute approximate surface area is 121 Å². The van der Waals surface area contributed by atoms with Gasteiger partial charge in [-0.3, -0.25) is 14.5 Å². The number of rotatable bonds is 3. The number of carbonyl (C=O) groups is 2. The summed E-state index contributed by atoms with van der Waals surface area (Å²) in [5, 5.41) is 0. The molecule has 2 aromatic carbocycles. The fourth-order valence-corrected chi connectivity index (χ4v) is 2.53. The van der Waals surface area contributed by atoms with Gasteiger partial charge in [0.05, 0.1) is 23.5 Å². The van der Waals surface area contributed by atoms with Crippen molar-refractivity contribution in [2.24, 2.45) is 0 Å². The van der Waals surface area contributed by atoms with Crippen molar-refractivity contribution >= 4 is 11.8 Å².